The van der Waals surface area contributed by atoms with Crippen molar-refractivity contribution >= 4 is 25.5 Å². The monoisotopic (exact) mass is 410 g/mol. The molecule has 0 aromatic heterocycles. The molecule has 0 saturated carbocycles. The number of halogens is 2. The summed E-state index contributed by atoms with van der Waals surface area (Å²) in [5.74, 6) is 0. The van der Waals surface area contributed by atoms with Gasteiger partial charge in [-0.25, -0.2) is 8.22 Å². The van der Waals surface area contributed by atoms with E-state index in [-0.39, 0.29) is 20.2 Å². The van der Waals surface area contributed by atoms with E-state index in [4.69, 9.17) is 0 Å². The quantitative estimate of drug-likeness (QED) is 0.389. The first kappa shape index (κ1) is 25.4. The Labute approximate surface area is 159 Å². The summed E-state index contributed by atoms with van der Waals surface area (Å²) in [6.07, 6.45) is 0. The lowest BCUT2D eigenvalue weighted by atomic mass is 10.2. The van der Waals surface area contributed by atoms with E-state index in [2.05, 4.69) is 105 Å². The molecule has 0 saturated heterocycles. The van der Waals surface area contributed by atoms with E-state index in [0.29, 0.717) is 0 Å². The normalized spacial score (nSPS) is 16.3. The van der Waals surface area contributed by atoms with Crippen LogP contribution in [0.5, 0.6) is 0 Å². The van der Waals surface area contributed by atoms with Crippen LogP contribution < -0.4 is 9.30 Å². The summed E-state index contributed by atoms with van der Waals surface area (Å²) in [6.45, 7) is 29.4. The standard InChI is InChI=1S/C18H44F2N2Si3/c1-15(2,3)23(13,16(4,5)6)21-25(19,20)22-24(14,17(7,8)9)18(10,11)12/h21-22H,1-14H3. The van der Waals surface area contributed by atoms with E-state index in [9.17, 15) is 0 Å². The predicted octanol–water partition coefficient (Wildman–Crippen LogP) is 6.89. The topological polar surface area (TPSA) is 24.1 Å². The molecule has 0 aliphatic carbocycles. The summed E-state index contributed by atoms with van der Waals surface area (Å²) in [5.41, 5.74) is 0. The van der Waals surface area contributed by atoms with Crippen molar-refractivity contribution < 1.29 is 8.22 Å². The molecule has 0 fully saturated rings. The van der Waals surface area contributed by atoms with Crippen molar-refractivity contribution in [2.24, 2.45) is 0 Å². The molecule has 0 heterocycles. The molecule has 0 amide bonds. The molecular formula is C18H44F2N2Si3. The zero-order valence-electron chi connectivity index (χ0n) is 19.3. The molecule has 25 heavy (non-hydrogen) atoms. The third kappa shape index (κ3) is 5.24. The van der Waals surface area contributed by atoms with Crippen LogP contribution in [0.2, 0.25) is 33.2 Å². The van der Waals surface area contributed by atoms with Crippen LogP contribution in [0.15, 0.2) is 0 Å². The molecule has 0 rings (SSSR count). The second-order valence-corrected chi connectivity index (χ2v) is 25.7. The molecule has 0 aliphatic heterocycles. The Hall–Kier alpha value is 0.431. The molecule has 0 spiro atoms. The maximum atomic E-state index is 15.5. The van der Waals surface area contributed by atoms with E-state index in [1.165, 1.54) is 0 Å². The highest BCUT2D eigenvalue weighted by Gasteiger charge is 2.61. The van der Waals surface area contributed by atoms with Crippen molar-refractivity contribution in [1.82, 2.24) is 9.30 Å². The molecular weight excluding hydrogens is 366 g/mol. The van der Waals surface area contributed by atoms with Crippen LogP contribution in [0.25, 0.3) is 0 Å². The molecule has 0 unspecified atom stereocenters. The van der Waals surface area contributed by atoms with E-state index in [1.54, 1.807) is 0 Å². The average molecular weight is 411 g/mol. The van der Waals surface area contributed by atoms with Crippen LogP contribution in [0.3, 0.4) is 0 Å². The van der Waals surface area contributed by atoms with Gasteiger partial charge in [0.1, 0.15) is 16.5 Å². The van der Waals surface area contributed by atoms with Crippen LogP contribution in [0, 0.1) is 0 Å². The van der Waals surface area contributed by atoms with E-state index >= 15 is 8.22 Å². The third-order valence-electron chi connectivity index (χ3n) is 6.81. The highest BCUT2D eigenvalue weighted by Crippen LogP contribution is 2.52. The number of hydrogen-bond donors (Lipinski definition) is 2. The van der Waals surface area contributed by atoms with Gasteiger partial charge in [-0.05, 0) is 20.2 Å². The zero-order chi connectivity index (χ0) is 20.9. The van der Waals surface area contributed by atoms with Gasteiger partial charge < -0.3 is 0 Å². The second-order valence-electron chi connectivity index (χ2n) is 12.1. The second kappa shape index (κ2) is 6.79. The summed E-state index contributed by atoms with van der Waals surface area (Å²) < 4.78 is 37.1. The molecule has 0 aliphatic rings. The Bertz CT molecular complexity index is 397. The van der Waals surface area contributed by atoms with Crippen LogP contribution in [-0.2, 0) is 0 Å². The minimum absolute atomic E-state index is 0.162. The van der Waals surface area contributed by atoms with Gasteiger partial charge in [0.15, 0.2) is 0 Å². The Balaban J connectivity index is 6.01. The lowest BCUT2D eigenvalue weighted by molar-refractivity contribution is 0.520. The van der Waals surface area contributed by atoms with Gasteiger partial charge in [-0.2, -0.15) is 0 Å². The Morgan fingerprint density at radius 3 is 0.760 bits per heavy atom. The van der Waals surface area contributed by atoms with Crippen molar-refractivity contribution in [3.63, 3.8) is 0 Å². The smallest absolute Gasteiger partial charge is 0.295 e. The molecule has 0 atom stereocenters. The van der Waals surface area contributed by atoms with Crippen molar-refractivity contribution in [3.05, 3.63) is 0 Å². The first-order valence-corrected chi connectivity index (χ1v) is 16.1. The molecule has 7 heteroatoms. The largest absolute Gasteiger partial charge is 0.580 e. The minimum Gasteiger partial charge on any atom is -0.295 e. The zero-order valence-corrected chi connectivity index (χ0v) is 22.3. The number of nitrogens with one attached hydrogen (secondary N) is 2. The summed E-state index contributed by atoms with van der Waals surface area (Å²) in [4.78, 5) is 0. The summed E-state index contributed by atoms with van der Waals surface area (Å²) in [7, 11) is -9.76. The first-order chi connectivity index (χ1) is 10.4. The van der Waals surface area contributed by atoms with E-state index in [0.717, 1.165) is 0 Å². The average Bonchev–Trinajstić information content (AvgIpc) is 2.20. The lowest BCUT2D eigenvalue weighted by Gasteiger charge is -2.54. The molecule has 2 N–H and O–H groups in total. The highest BCUT2D eigenvalue weighted by molar-refractivity contribution is 6.96. The third-order valence-corrected chi connectivity index (χ3v) is 25.3. The maximum absolute atomic E-state index is 15.5. The summed E-state index contributed by atoms with van der Waals surface area (Å²) in [6, 6.07) is 0. The fourth-order valence-electron chi connectivity index (χ4n) is 3.66. The molecule has 0 aromatic carbocycles. The van der Waals surface area contributed by atoms with Gasteiger partial charge in [-0.15, -0.1) is 0 Å². The maximum Gasteiger partial charge on any atom is 0.580 e. The fraction of sp³-hybridized carbons (Fsp3) is 1.00. The summed E-state index contributed by atoms with van der Waals surface area (Å²) in [5, 5.41) is -0.648. The number of hydrogen-bond acceptors (Lipinski definition) is 2. The number of rotatable bonds is 4. The Kier molecular flexibility index (Phi) is 6.91. The van der Waals surface area contributed by atoms with Gasteiger partial charge in [0, 0.05) is 0 Å². The van der Waals surface area contributed by atoms with Gasteiger partial charge in [0.05, 0.1) is 0 Å². The van der Waals surface area contributed by atoms with Crippen LogP contribution >= 0.6 is 0 Å². The molecule has 0 radical (unpaired) electrons. The van der Waals surface area contributed by atoms with E-state index < -0.39 is 25.5 Å². The predicted molar refractivity (Wildman–Crippen MR) is 116 cm³/mol. The van der Waals surface area contributed by atoms with Gasteiger partial charge in [-0.3, -0.25) is 9.30 Å². The molecule has 152 valence electrons. The minimum atomic E-state index is -4.79. The van der Waals surface area contributed by atoms with Crippen LogP contribution in [0.1, 0.15) is 83.1 Å². The van der Waals surface area contributed by atoms with Gasteiger partial charge in [0.2, 0.25) is 0 Å². The molecule has 0 aromatic rings. The van der Waals surface area contributed by atoms with Crippen molar-refractivity contribution in [2.75, 3.05) is 0 Å². The van der Waals surface area contributed by atoms with Gasteiger partial charge in [0.25, 0.3) is 0 Å². The van der Waals surface area contributed by atoms with Crippen LogP contribution in [-0.4, -0.2) is 25.5 Å². The van der Waals surface area contributed by atoms with Crippen molar-refractivity contribution in [2.45, 2.75) is 116 Å². The first-order valence-electron chi connectivity index (χ1n) is 9.38. The van der Waals surface area contributed by atoms with Crippen molar-refractivity contribution in [1.29, 1.82) is 0 Å². The van der Waals surface area contributed by atoms with Gasteiger partial charge >= 0.3 is 9.06 Å². The Morgan fingerprint density at radius 1 is 0.480 bits per heavy atom. The van der Waals surface area contributed by atoms with Crippen LogP contribution in [0.4, 0.5) is 8.22 Å². The lowest BCUT2D eigenvalue weighted by Crippen LogP contribution is -2.78. The highest BCUT2D eigenvalue weighted by atomic mass is 28.5. The Morgan fingerprint density at radius 2 is 0.640 bits per heavy atom. The summed E-state index contributed by atoms with van der Waals surface area (Å²) >= 11 is 0. The molecule has 0 bridgehead atoms. The van der Waals surface area contributed by atoms with E-state index in [1.807, 2.05) is 0 Å². The fourth-order valence-corrected chi connectivity index (χ4v) is 20.0. The van der Waals surface area contributed by atoms with Gasteiger partial charge in [-0.1, -0.05) is 96.2 Å². The molecule has 2 nitrogen and oxygen atoms in total. The SMILES string of the molecule is CC(C)(C)[Si](C)(N[Si](F)(F)N[Si](C)(C(C)(C)C)C(C)(C)C)C(C)(C)C. The van der Waals surface area contributed by atoms with Crippen molar-refractivity contribution in [3.8, 4) is 0 Å².